The van der Waals surface area contributed by atoms with Gasteiger partial charge in [0.25, 0.3) is 0 Å². The number of rotatable bonds is 3. The maximum absolute atomic E-state index is 12.5. The molecule has 1 aliphatic carbocycles. The molecule has 1 aliphatic heterocycles. The molecule has 1 heterocycles. The molecule has 0 radical (unpaired) electrons. The van der Waals surface area contributed by atoms with E-state index in [1.165, 1.54) is 20.3 Å². The van der Waals surface area contributed by atoms with Gasteiger partial charge in [-0.2, -0.15) is 0 Å². The Morgan fingerprint density at radius 2 is 1.96 bits per heavy atom. The zero-order valence-electron chi connectivity index (χ0n) is 13.9. The highest BCUT2D eigenvalue weighted by atomic mass is 16.5. The summed E-state index contributed by atoms with van der Waals surface area (Å²) in [5.41, 5.74) is -1.77. The second-order valence-electron chi connectivity index (χ2n) is 6.32. The number of aromatic hydroxyl groups is 1. The van der Waals surface area contributed by atoms with Crippen LogP contribution in [-0.4, -0.2) is 58.9 Å². The molecule has 25 heavy (non-hydrogen) atoms. The maximum Gasteiger partial charge on any atom is 0.204 e. The number of hydrogen-bond acceptors (Lipinski definition) is 8. The highest BCUT2D eigenvalue weighted by Gasteiger charge is 2.51. The summed E-state index contributed by atoms with van der Waals surface area (Å²) in [6.45, 7) is 0. The molecule has 1 aromatic rings. The predicted octanol–water partition coefficient (Wildman–Crippen LogP) is 0.588. The fourth-order valence-electron chi connectivity index (χ4n) is 3.44. The van der Waals surface area contributed by atoms with Crippen LogP contribution in [0.4, 0.5) is 0 Å². The van der Waals surface area contributed by atoms with Gasteiger partial charge in [0.15, 0.2) is 17.3 Å². The first-order valence-electron chi connectivity index (χ1n) is 7.91. The topological polar surface area (TPSA) is 123 Å². The van der Waals surface area contributed by atoms with Gasteiger partial charge in [-0.05, 0) is 6.42 Å². The maximum atomic E-state index is 12.5. The Bertz CT molecular complexity index is 728. The minimum Gasteiger partial charge on any atom is -0.504 e. The first kappa shape index (κ1) is 17.5. The number of aliphatic hydroxyl groups excluding tert-OH is 1. The van der Waals surface area contributed by atoms with Gasteiger partial charge in [-0.15, -0.1) is 0 Å². The van der Waals surface area contributed by atoms with E-state index < -0.39 is 29.3 Å². The van der Waals surface area contributed by atoms with Crippen LogP contribution in [0.25, 0.3) is 0 Å². The van der Waals surface area contributed by atoms with Crippen molar-refractivity contribution in [2.45, 2.75) is 43.5 Å². The average molecular weight is 352 g/mol. The van der Waals surface area contributed by atoms with E-state index in [2.05, 4.69) is 0 Å². The number of phenolic OH excluding ortho intramolecular Hbond substituents is 1. The lowest BCUT2D eigenvalue weighted by Gasteiger charge is -2.43. The van der Waals surface area contributed by atoms with E-state index >= 15 is 0 Å². The van der Waals surface area contributed by atoms with E-state index in [-0.39, 0.29) is 54.3 Å². The van der Waals surface area contributed by atoms with E-state index in [1.54, 1.807) is 0 Å². The zero-order chi connectivity index (χ0) is 18.4. The molecule has 1 fully saturated rings. The predicted molar refractivity (Wildman–Crippen MR) is 84.4 cm³/mol. The van der Waals surface area contributed by atoms with Gasteiger partial charge in [0.1, 0.15) is 28.8 Å². The Morgan fingerprint density at radius 1 is 1.24 bits per heavy atom. The van der Waals surface area contributed by atoms with Crippen LogP contribution in [0.1, 0.15) is 36.0 Å². The largest absolute Gasteiger partial charge is 0.504 e. The molecule has 0 unspecified atom stereocenters. The number of hydrogen-bond donors (Lipinski definition) is 3. The molecule has 0 saturated heterocycles. The molecule has 1 aromatic carbocycles. The van der Waals surface area contributed by atoms with Crippen molar-refractivity contribution in [1.29, 1.82) is 0 Å². The summed E-state index contributed by atoms with van der Waals surface area (Å²) >= 11 is 0. The van der Waals surface area contributed by atoms with Crippen molar-refractivity contribution in [2.24, 2.45) is 0 Å². The second-order valence-corrected chi connectivity index (χ2v) is 6.32. The van der Waals surface area contributed by atoms with Gasteiger partial charge in [-0.1, -0.05) is 0 Å². The van der Waals surface area contributed by atoms with Gasteiger partial charge in [0.2, 0.25) is 5.75 Å². The number of benzene rings is 1. The molecule has 3 N–H and O–H groups in total. The zero-order valence-corrected chi connectivity index (χ0v) is 13.9. The number of carbonyl (C=O) groups excluding carboxylic acids is 2. The fraction of sp³-hybridized carbons (Fsp3) is 0.529. The SMILES string of the molecule is COc1cc2c(c(O)c1OC)C(=O)C[C@@H]([C@@]1(O)CCC(=O)C[C@H]1O)O2. The van der Waals surface area contributed by atoms with Crippen molar-refractivity contribution in [1.82, 2.24) is 0 Å². The summed E-state index contributed by atoms with van der Waals surface area (Å²) in [4.78, 5) is 24.0. The Labute approximate surface area is 143 Å². The molecule has 0 bridgehead atoms. The van der Waals surface area contributed by atoms with Crippen LogP contribution >= 0.6 is 0 Å². The van der Waals surface area contributed by atoms with Gasteiger partial charge >= 0.3 is 0 Å². The molecule has 8 nitrogen and oxygen atoms in total. The second kappa shape index (κ2) is 6.20. The van der Waals surface area contributed by atoms with Gasteiger partial charge in [0, 0.05) is 18.9 Å². The molecule has 1 saturated carbocycles. The number of ether oxygens (including phenoxy) is 3. The molecule has 2 aliphatic rings. The Morgan fingerprint density at radius 3 is 2.56 bits per heavy atom. The number of phenols is 1. The van der Waals surface area contributed by atoms with Crippen molar-refractivity contribution in [3.05, 3.63) is 11.6 Å². The first-order valence-corrected chi connectivity index (χ1v) is 7.91. The molecule has 3 atom stereocenters. The summed E-state index contributed by atoms with van der Waals surface area (Å²) < 4.78 is 15.9. The Hall–Kier alpha value is -2.32. The van der Waals surface area contributed by atoms with Crippen LogP contribution in [0.2, 0.25) is 0 Å². The smallest absolute Gasteiger partial charge is 0.204 e. The summed E-state index contributed by atoms with van der Waals surface area (Å²) in [5.74, 6) is -0.788. The standard InChI is InChI=1S/C17H20O8/c1-23-11-7-10-14(15(21)16(11)24-2)9(19)6-13(25-10)17(22)4-3-8(18)5-12(17)20/h7,12-13,20-22H,3-6H2,1-2H3/t12-,13+,17-/m1/s1. The van der Waals surface area contributed by atoms with Crippen molar-refractivity contribution >= 4 is 11.6 Å². The van der Waals surface area contributed by atoms with Crippen LogP contribution in [0.15, 0.2) is 6.07 Å². The van der Waals surface area contributed by atoms with Gasteiger partial charge in [-0.25, -0.2) is 0 Å². The molecular formula is C17H20O8. The van der Waals surface area contributed by atoms with Crippen LogP contribution < -0.4 is 14.2 Å². The summed E-state index contributed by atoms with van der Waals surface area (Å²) in [6, 6.07) is 1.39. The number of aliphatic hydroxyl groups is 2. The third kappa shape index (κ3) is 2.71. The first-order chi connectivity index (χ1) is 11.8. The fourth-order valence-corrected chi connectivity index (χ4v) is 3.44. The number of fused-ring (bicyclic) bond motifs is 1. The van der Waals surface area contributed by atoms with Crippen molar-refractivity contribution in [3.8, 4) is 23.0 Å². The lowest BCUT2D eigenvalue weighted by molar-refractivity contribution is -0.165. The summed E-state index contributed by atoms with van der Waals surface area (Å²) in [5, 5.41) is 31.3. The van der Waals surface area contributed by atoms with Crippen LogP contribution in [0.3, 0.4) is 0 Å². The molecule has 136 valence electrons. The van der Waals surface area contributed by atoms with Crippen molar-refractivity contribution in [2.75, 3.05) is 14.2 Å². The van der Waals surface area contributed by atoms with E-state index in [0.29, 0.717) is 0 Å². The lowest BCUT2D eigenvalue weighted by Crippen LogP contribution is -2.58. The van der Waals surface area contributed by atoms with Crippen LogP contribution in [0.5, 0.6) is 23.0 Å². The van der Waals surface area contributed by atoms with Gasteiger partial charge in [0.05, 0.1) is 26.7 Å². The number of ketones is 2. The molecule has 0 amide bonds. The van der Waals surface area contributed by atoms with E-state index in [9.17, 15) is 24.9 Å². The van der Waals surface area contributed by atoms with E-state index in [4.69, 9.17) is 14.2 Å². The third-order valence-corrected chi connectivity index (χ3v) is 4.89. The van der Waals surface area contributed by atoms with Crippen LogP contribution in [0, 0.1) is 0 Å². The molecule has 0 spiro atoms. The molecule has 8 heteroatoms. The number of carbonyl (C=O) groups is 2. The minimum absolute atomic E-state index is 0.000445. The van der Waals surface area contributed by atoms with Gasteiger partial charge < -0.3 is 29.5 Å². The lowest BCUT2D eigenvalue weighted by atomic mass is 9.75. The highest BCUT2D eigenvalue weighted by molar-refractivity contribution is 6.03. The van der Waals surface area contributed by atoms with Crippen LogP contribution in [-0.2, 0) is 4.79 Å². The molecular weight excluding hydrogens is 332 g/mol. The van der Waals surface area contributed by atoms with E-state index in [1.807, 2.05) is 0 Å². The molecule has 3 rings (SSSR count). The monoisotopic (exact) mass is 352 g/mol. The average Bonchev–Trinajstić information content (AvgIpc) is 2.57. The van der Waals surface area contributed by atoms with Gasteiger partial charge in [-0.3, -0.25) is 9.59 Å². The third-order valence-electron chi connectivity index (χ3n) is 4.89. The summed E-state index contributed by atoms with van der Waals surface area (Å²) in [6.07, 6.45) is -2.67. The Balaban J connectivity index is 2.00. The van der Waals surface area contributed by atoms with E-state index in [0.717, 1.165) is 0 Å². The molecule has 0 aromatic heterocycles. The normalized spacial score (nSPS) is 29.0. The highest BCUT2D eigenvalue weighted by Crippen LogP contribution is 2.48. The Kier molecular flexibility index (Phi) is 4.34. The van der Waals surface area contributed by atoms with Crippen molar-refractivity contribution < 1.29 is 39.1 Å². The number of methoxy groups -OCH3 is 2. The minimum atomic E-state index is -1.72. The summed E-state index contributed by atoms with van der Waals surface area (Å²) in [7, 11) is 2.70. The van der Waals surface area contributed by atoms with Crippen molar-refractivity contribution in [3.63, 3.8) is 0 Å². The number of Topliss-reactive ketones (excluding diaryl/α,β-unsaturated/α-hetero) is 2. The quantitative estimate of drug-likeness (QED) is 0.722.